The van der Waals surface area contributed by atoms with E-state index in [1.165, 1.54) is 10.4 Å². The smallest absolute Gasteiger partial charge is 0.174 e. The number of hydrogen-bond acceptors (Lipinski definition) is 3. The predicted molar refractivity (Wildman–Crippen MR) is 103 cm³/mol. The van der Waals surface area contributed by atoms with Gasteiger partial charge in [-0.15, -0.1) is 11.3 Å². The van der Waals surface area contributed by atoms with E-state index < -0.39 is 0 Å². The highest BCUT2D eigenvalue weighted by molar-refractivity contribution is 7.80. The highest BCUT2D eigenvalue weighted by Gasteiger charge is 2.19. The molecule has 1 N–H and O–H groups in total. The van der Waals surface area contributed by atoms with E-state index in [2.05, 4.69) is 59.8 Å². The molecule has 0 amide bonds. The molecule has 0 radical (unpaired) electrons. The molecular weight excluding hydrogens is 324 g/mol. The molecular formula is C18H24N2OS2. The number of anilines is 1. The molecule has 0 unspecified atom stereocenters. The van der Waals surface area contributed by atoms with Gasteiger partial charge in [0.15, 0.2) is 5.11 Å². The zero-order valence-electron chi connectivity index (χ0n) is 13.9. The minimum Gasteiger partial charge on any atom is -0.383 e. The van der Waals surface area contributed by atoms with E-state index in [1.807, 2.05) is 6.07 Å². The largest absolute Gasteiger partial charge is 0.383 e. The fourth-order valence-electron chi connectivity index (χ4n) is 2.48. The van der Waals surface area contributed by atoms with Crippen molar-refractivity contribution in [3.63, 3.8) is 0 Å². The van der Waals surface area contributed by atoms with Crippen LogP contribution in [0, 0.1) is 0 Å². The molecule has 0 spiro atoms. The summed E-state index contributed by atoms with van der Waals surface area (Å²) in [6.45, 7) is 5.74. The number of thiophene rings is 1. The minimum atomic E-state index is 0.221. The highest BCUT2D eigenvalue weighted by Crippen LogP contribution is 2.26. The van der Waals surface area contributed by atoms with E-state index in [1.54, 1.807) is 18.4 Å². The van der Waals surface area contributed by atoms with E-state index in [-0.39, 0.29) is 6.04 Å². The number of thiocarbonyl (C=S) groups is 1. The van der Waals surface area contributed by atoms with E-state index in [0.717, 1.165) is 23.8 Å². The van der Waals surface area contributed by atoms with Crippen LogP contribution in [0.4, 0.5) is 5.69 Å². The number of benzene rings is 1. The average Bonchev–Trinajstić information content (AvgIpc) is 3.10. The van der Waals surface area contributed by atoms with Gasteiger partial charge in [0.25, 0.3) is 0 Å². The molecule has 0 aliphatic rings. The highest BCUT2D eigenvalue weighted by atomic mass is 32.1. The van der Waals surface area contributed by atoms with Crippen LogP contribution in [0.5, 0.6) is 0 Å². The third-order valence-electron chi connectivity index (χ3n) is 3.86. The fourth-order valence-corrected chi connectivity index (χ4v) is 3.64. The Labute approximate surface area is 148 Å². The van der Waals surface area contributed by atoms with Crippen LogP contribution in [0.3, 0.4) is 0 Å². The zero-order valence-corrected chi connectivity index (χ0v) is 15.5. The van der Waals surface area contributed by atoms with E-state index >= 15 is 0 Å². The van der Waals surface area contributed by atoms with Crippen molar-refractivity contribution < 1.29 is 4.74 Å². The molecule has 0 saturated carbocycles. The van der Waals surface area contributed by atoms with Gasteiger partial charge in [0, 0.05) is 24.2 Å². The summed E-state index contributed by atoms with van der Waals surface area (Å²) < 4.78 is 5.26. The molecule has 1 atom stereocenters. The second-order valence-electron chi connectivity index (χ2n) is 5.32. The van der Waals surface area contributed by atoms with Gasteiger partial charge < -0.3 is 15.0 Å². The molecule has 1 aromatic carbocycles. The topological polar surface area (TPSA) is 24.5 Å². The van der Waals surface area contributed by atoms with Crippen LogP contribution in [-0.2, 0) is 11.2 Å². The zero-order chi connectivity index (χ0) is 16.7. The summed E-state index contributed by atoms with van der Waals surface area (Å²) >= 11 is 7.45. The Balaban J connectivity index is 2.16. The molecule has 0 fully saturated rings. The van der Waals surface area contributed by atoms with Crippen LogP contribution in [0.25, 0.3) is 0 Å². The number of nitrogens with one attached hydrogen (secondary N) is 1. The Morgan fingerprint density at radius 1 is 1.30 bits per heavy atom. The van der Waals surface area contributed by atoms with Crippen molar-refractivity contribution in [2.24, 2.45) is 0 Å². The van der Waals surface area contributed by atoms with Gasteiger partial charge in [-0.2, -0.15) is 0 Å². The second-order valence-corrected chi connectivity index (χ2v) is 6.68. The van der Waals surface area contributed by atoms with Crippen molar-refractivity contribution in [2.75, 3.05) is 25.6 Å². The first-order valence-electron chi connectivity index (χ1n) is 7.85. The molecule has 1 heterocycles. The third-order valence-corrected chi connectivity index (χ3v) is 5.24. The maximum atomic E-state index is 5.69. The number of hydrogen-bond donors (Lipinski definition) is 1. The SMILES string of the molecule is CCc1ccccc1NC(=S)N(CCOC)[C@@H](C)c1cccs1. The molecule has 0 aliphatic carbocycles. The van der Waals surface area contributed by atoms with Crippen LogP contribution in [-0.4, -0.2) is 30.3 Å². The van der Waals surface area contributed by atoms with Gasteiger partial charge in [0.2, 0.25) is 0 Å². The van der Waals surface area contributed by atoms with Crippen molar-refractivity contribution in [2.45, 2.75) is 26.3 Å². The maximum Gasteiger partial charge on any atom is 0.174 e. The van der Waals surface area contributed by atoms with Gasteiger partial charge in [-0.05, 0) is 48.6 Å². The van der Waals surface area contributed by atoms with Crippen molar-refractivity contribution in [1.29, 1.82) is 0 Å². The number of nitrogens with zero attached hydrogens (tertiary/aromatic N) is 1. The normalized spacial score (nSPS) is 12.0. The quantitative estimate of drug-likeness (QED) is 0.732. The lowest BCUT2D eigenvalue weighted by Gasteiger charge is -2.31. The maximum absolute atomic E-state index is 5.69. The molecule has 5 heteroatoms. The lowest BCUT2D eigenvalue weighted by Crippen LogP contribution is -2.39. The number of aryl methyl sites for hydroxylation is 1. The molecule has 0 aliphatic heterocycles. The summed E-state index contributed by atoms with van der Waals surface area (Å²) in [6, 6.07) is 12.8. The Morgan fingerprint density at radius 2 is 2.09 bits per heavy atom. The Kier molecular flexibility index (Phi) is 7.02. The summed E-state index contributed by atoms with van der Waals surface area (Å²) in [7, 11) is 1.72. The number of rotatable bonds is 7. The molecule has 124 valence electrons. The Morgan fingerprint density at radius 3 is 2.74 bits per heavy atom. The van der Waals surface area contributed by atoms with Crippen LogP contribution < -0.4 is 5.32 Å². The summed E-state index contributed by atoms with van der Waals surface area (Å²) in [4.78, 5) is 3.49. The van der Waals surface area contributed by atoms with Gasteiger partial charge in [-0.1, -0.05) is 31.2 Å². The average molecular weight is 349 g/mol. The molecule has 2 rings (SSSR count). The molecule has 0 saturated heterocycles. The van der Waals surface area contributed by atoms with Crippen molar-refractivity contribution >= 4 is 34.4 Å². The van der Waals surface area contributed by atoms with Crippen molar-refractivity contribution in [3.8, 4) is 0 Å². The first-order chi connectivity index (χ1) is 11.2. The van der Waals surface area contributed by atoms with Crippen molar-refractivity contribution in [1.82, 2.24) is 4.90 Å². The fraction of sp³-hybridized carbons (Fsp3) is 0.389. The first-order valence-corrected chi connectivity index (χ1v) is 9.14. The Hall–Kier alpha value is -1.43. The summed E-state index contributed by atoms with van der Waals surface area (Å²) in [5, 5.41) is 6.26. The van der Waals surface area contributed by atoms with E-state index in [4.69, 9.17) is 17.0 Å². The van der Waals surface area contributed by atoms with Gasteiger partial charge in [0.1, 0.15) is 0 Å². The van der Waals surface area contributed by atoms with Crippen LogP contribution in [0.15, 0.2) is 41.8 Å². The number of ether oxygens (including phenoxy) is 1. The first kappa shape index (κ1) is 17.9. The third kappa shape index (κ3) is 4.77. The Bertz CT molecular complexity index is 613. The van der Waals surface area contributed by atoms with E-state index in [0.29, 0.717) is 6.61 Å². The van der Waals surface area contributed by atoms with Crippen molar-refractivity contribution in [3.05, 3.63) is 52.2 Å². The van der Waals surface area contributed by atoms with Crippen LogP contribution in [0.2, 0.25) is 0 Å². The second kappa shape index (κ2) is 9.01. The molecule has 23 heavy (non-hydrogen) atoms. The van der Waals surface area contributed by atoms with Gasteiger partial charge in [-0.3, -0.25) is 0 Å². The van der Waals surface area contributed by atoms with Crippen LogP contribution >= 0.6 is 23.6 Å². The van der Waals surface area contributed by atoms with Gasteiger partial charge in [0.05, 0.1) is 12.6 Å². The number of methoxy groups -OCH3 is 1. The standard InChI is InChI=1S/C18H24N2OS2/c1-4-15-8-5-6-9-16(15)19-18(22)20(11-12-21-3)14(2)17-10-7-13-23-17/h5-10,13-14H,4,11-12H2,1-3H3,(H,19,22)/t14-/m0/s1. The van der Waals surface area contributed by atoms with E-state index in [9.17, 15) is 0 Å². The molecule has 3 nitrogen and oxygen atoms in total. The predicted octanol–water partition coefficient (Wildman–Crippen LogP) is 4.72. The van der Waals surface area contributed by atoms with Gasteiger partial charge in [-0.25, -0.2) is 0 Å². The lowest BCUT2D eigenvalue weighted by atomic mass is 10.1. The van der Waals surface area contributed by atoms with Gasteiger partial charge >= 0.3 is 0 Å². The summed E-state index contributed by atoms with van der Waals surface area (Å²) in [6.07, 6.45) is 0.977. The molecule has 1 aromatic heterocycles. The number of para-hydroxylation sites is 1. The molecule has 2 aromatic rings. The van der Waals surface area contributed by atoms with Crippen LogP contribution in [0.1, 0.15) is 30.3 Å². The lowest BCUT2D eigenvalue weighted by molar-refractivity contribution is 0.166. The summed E-state index contributed by atoms with van der Waals surface area (Å²) in [5.74, 6) is 0. The molecule has 0 bridgehead atoms. The monoisotopic (exact) mass is 348 g/mol. The summed E-state index contributed by atoms with van der Waals surface area (Å²) in [5.41, 5.74) is 2.35. The minimum absolute atomic E-state index is 0.221.